The Bertz CT molecular complexity index is 524. The lowest BCUT2D eigenvalue weighted by atomic mass is 10.2. The van der Waals surface area contributed by atoms with E-state index in [2.05, 4.69) is 4.98 Å². The van der Waals surface area contributed by atoms with Crippen LogP contribution >= 0.6 is 0 Å². The fraction of sp³-hybridized carbons (Fsp3) is 0.500. The number of rotatable bonds is 3. The van der Waals surface area contributed by atoms with Gasteiger partial charge in [0.2, 0.25) is 0 Å². The van der Waals surface area contributed by atoms with Crippen LogP contribution in [0.15, 0.2) is 10.7 Å². The molecule has 1 fully saturated rings. The SMILES string of the molecule is CS(=O)(=O)OC1CN(c2nc(C#N)co2)C1. The summed E-state index contributed by atoms with van der Waals surface area (Å²) in [6.07, 6.45) is 1.89. The Morgan fingerprint density at radius 1 is 1.69 bits per heavy atom. The molecular weight excluding hydrogens is 234 g/mol. The molecule has 16 heavy (non-hydrogen) atoms. The zero-order valence-electron chi connectivity index (χ0n) is 8.45. The highest BCUT2D eigenvalue weighted by molar-refractivity contribution is 7.86. The molecule has 7 nitrogen and oxygen atoms in total. The van der Waals surface area contributed by atoms with Crippen LogP contribution in [-0.2, 0) is 14.3 Å². The van der Waals surface area contributed by atoms with Gasteiger partial charge in [-0.15, -0.1) is 0 Å². The Balaban J connectivity index is 1.91. The number of oxazole rings is 1. The molecule has 0 spiro atoms. The first kappa shape index (κ1) is 10.9. The van der Waals surface area contributed by atoms with Crippen molar-refractivity contribution in [2.75, 3.05) is 24.2 Å². The Morgan fingerprint density at radius 2 is 2.38 bits per heavy atom. The summed E-state index contributed by atoms with van der Waals surface area (Å²) in [6.45, 7) is 0.775. The second-order valence-corrected chi connectivity index (χ2v) is 5.06. The summed E-state index contributed by atoms with van der Waals surface area (Å²) >= 11 is 0. The van der Waals surface area contributed by atoms with Crippen molar-refractivity contribution in [3.8, 4) is 6.07 Å². The van der Waals surface area contributed by atoms with Crippen molar-refractivity contribution in [3.63, 3.8) is 0 Å². The molecule has 1 saturated heterocycles. The largest absolute Gasteiger partial charge is 0.431 e. The number of anilines is 1. The van der Waals surface area contributed by atoms with Crippen molar-refractivity contribution in [1.29, 1.82) is 5.26 Å². The highest BCUT2D eigenvalue weighted by Crippen LogP contribution is 2.22. The van der Waals surface area contributed by atoms with E-state index in [0.717, 1.165) is 6.26 Å². The molecular formula is C8H9N3O4S. The van der Waals surface area contributed by atoms with Gasteiger partial charge in [0.15, 0.2) is 5.69 Å². The fourth-order valence-corrected chi connectivity index (χ4v) is 1.98. The van der Waals surface area contributed by atoms with Crippen molar-refractivity contribution in [2.24, 2.45) is 0 Å². The third-order valence-corrected chi connectivity index (χ3v) is 2.66. The van der Waals surface area contributed by atoms with Crippen molar-refractivity contribution in [3.05, 3.63) is 12.0 Å². The van der Waals surface area contributed by atoms with Crippen LogP contribution < -0.4 is 4.90 Å². The minimum Gasteiger partial charge on any atom is -0.431 e. The average molecular weight is 243 g/mol. The summed E-state index contributed by atoms with van der Waals surface area (Å²) in [5.74, 6) is 0. The van der Waals surface area contributed by atoms with Crippen molar-refractivity contribution in [2.45, 2.75) is 6.10 Å². The predicted molar refractivity (Wildman–Crippen MR) is 53.1 cm³/mol. The molecule has 0 bridgehead atoms. The summed E-state index contributed by atoms with van der Waals surface area (Å²) in [6, 6.07) is 2.15. The van der Waals surface area contributed by atoms with E-state index in [9.17, 15) is 8.42 Å². The zero-order valence-corrected chi connectivity index (χ0v) is 9.27. The van der Waals surface area contributed by atoms with Crippen LogP contribution in [0.2, 0.25) is 0 Å². The molecule has 8 heteroatoms. The third kappa shape index (κ3) is 2.32. The number of hydrogen-bond acceptors (Lipinski definition) is 7. The molecule has 0 saturated carbocycles. The van der Waals surface area contributed by atoms with Gasteiger partial charge in [0, 0.05) is 0 Å². The Kier molecular flexibility index (Phi) is 2.57. The van der Waals surface area contributed by atoms with Gasteiger partial charge in [-0.25, -0.2) is 0 Å². The topological polar surface area (TPSA) is 96.4 Å². The Hall–Kier alpha value is -1.59. The smallest absolute Gasteiger partial charge is 0.298 e. The van der Waals surface area contributed by atoms with Crippen molar-refractivity contribution >= 4 is 16.1 Å². The second kappa shape index (κ2) is 3.77. The van der Waals surface area contributed by atoms with E-state index >= 15 is 0 Å². The molecule has 0 N–H and O–H groups in total. The summed E-state index contributed by atoms with van der Waals surface area (Å²) in [7, 11) is -3.42. The van der Waals surface area contributed by atoms with Gasteiger partial charge < -0.3 is 9.32 Å². The van der Waals surface area contributed by atoms with Gasteiger partial charge in [0.05, 0.1) is 19.3 Å². The molecule has 0 aliphatic carbocycles. The van der Waals surface area contributed by atoms with Crippen LogP contribution in [0, 0.1) is 11.3 Å². The second-order valence-electron chi connectivity index (χ2n) is 3.45. The highest BCUT2D eigenvalue weighted by atomic mass is 32.2. The summed E-state index contributed by atoms with van der Waals surface area (Å²) in [4.78, 5) is 5.57. The summed E-state index contributed by atoms with van der Waals surface area (Å²) < 4.78 is 31.4. The van der Waals surface area contributed by atoms with E-state index in [1.54, 1.807) is 4.90 Å². The molecule has 1 aliphatic heterocycles. The van der Waals surface area contributed by atoms with Crippen LogP contribution in [0.1, 0.15) is 5.69 Å². The van der Waals surface area contributed by atoms with E-state index in [0.29, 0.717) is 19.1 Å². The van der Waals surface area contributed by atoms with Gasteiger partial charge in [-0.2, -0.15) is 18.7 Å². The highest BCUT2D eigenvalue weighted by Gasteiger charge is 2.33. The van der Waals surface area contributed by atoms with E-state index in [4.69, 9.17) is 13.9 Å². The fourth-order valence-electron chi connectivity index (χ4n) is 1.36. The first-order chi connectivity index (χ1) is 7.48. The van der Waals surface area contributed by atoms with E-state index in [-0.39, 0.29) is 11.8 Å². The molecule has 2 rings (SSSR count). The Labute approximate surface area is 92.4 Å². The maximum absolute atomic E-state index is 10.8. The maximum Gasteiger partial charge on any atom is 0.298 e. The van der Waals surface area contributed by atoms with Gasteiger partial charge in [0.25, 0.3) is 16.1 Å². The lowest BCUT2D eigenvalue weighted by Gasteiger charge is -2.36. The van der Waals surface area contributed by atoms with Gasteiger partial charge in [-0.3, -0.25) is 4.18 Å². The predicted octanol–water partition coefficient (Wildman–Crippen LogP) is -0.289. The number of hydrogen-bond donors (Lipinski definition) is 0. The maximum atomic E-state index is 10.8. The minimum atomic E-state index is -3.42. The third-order valence-electron chi connectivity index (χ3n) is 2.04. The average Bonchev–Trinajstić information content (AvgIpc) is 2.56. The van der Waals surface area contributed by atoms with Gasteiger partial charge in [-0.05, 0) is 0 Å². The Morgan fingerprint density at radius 3 is 2.88 bits per heavy atom. The lowest BCUT2D eigenvalue weighted by Crippen LogP contribution is -2.53. The van der Waals surface area contributed by atoms with E-state index < -0.39 is 10.1 Å². The molecule has 1 aromatic heterocycles. The first-order valence-electron chi connectivity index (χ1n) is 4.47. The van der Waals surface area contributed by atoms with Crippen LogP contribution in [0.5, 0.6) is 0 Å². The molecule has 0 atom stereocenters. The number of aromatic nitrogens is 1. The lowest BCUT2D eigenvalue weighted by molar-refractivity contribution is 0.171. The normalized spacial score (nSPS) is 16.9. The first-order valence-corrected chi connectivity index (χ1v) is 6.28. The van der Waals surface area contributed by atoms with Crippen LogP contribution in [0.25, 0.3) is 0 Å². The molecule has 0 unspecified atom stereocenters. The van der Waals surface area contributed by atoms with Crippen molar-refractivity contribution < 1.29 is 17.0 Å². The summed E-state index contributed by atoms with van der Waals surface area (Å²) in [5.41, 5.74) is 0.197. The van der Waals surface area contributed by atoms with Gasteiger partial charge in [0.1, 0.15) is 18.4 Å². The molecule has 1 aromatic rings. The summed E-state index contributed by atoms with van der Waals surface area (Å²) in [5, 5.41) is 8.53. The van der Waals surface area contributed by atoms with E-state index in [1.807, 2.05) is 6.07 Å². The number of nitrogens with zero attached hydrogens (tertiary/aromatic N) is 3. The molecule has 0 radical (unpaired) electrons. The minimum absolute atomic E-state index is 0.197. The standard InChI is InChI=1S/C8H9N3O4S/c1-16(12,13)15-7-3-11(4-7)8-10-6(2-9)5-14-8/h5,7H,3-4H2,1H3. The molecule has 2 heterocycles. The van der Waals surface area contributed by atoms with E-state index in [1.165, 1.54) is 6.26 Å². The molecule has 0 aromatic carbocycles. The zero-order chi connectivity index (χ0) is 11.8. The quantitative estimate of drug-likeness (QED) is 0.673. The van der Waals surface area contributed by atoms with Gasteiger partial charge in [-0.1, -0.05) is 0 Å². The van der Waals surface area contributed by atoms with Gasteiger partial charge >= 0.3 is 0 Å². The van der Waals surface area contributed by atoms with Crippen LogP contribution in [0.3, 0.4) is 0 Å². The van der Waals surface area contributed by atoms with Crippen molar-refractivity contribution in [1.82, 2.24) is 4.98 Å². The molecule has 1 aliphatic rings. The monoisotopic (exact) mass is 243 g/mol. The van der Waals surface area contributed by atoms with Crippen LogP contribution in [-0.4, -0.2) is 38.9 Å². The number of nitriles is 1. The van der Waals surface area contributed by atoms with Crippen LogP contribution in [0.4, 0.5) is 6.01 Å². The molecule has 0 amide bonds. The molecule has 86 valence electrons.